The molecular weight excluding hydrogens is 324 g/mol. The molecule has 0 aromatic carbocycles. The quantitative estimate of drug-likeness (QED) is 0.442. The van der Waals surface area contributed by atoms with Crippen molar-refractivity contribution in [1.29, 1.82) is 0 Å². The molecule has 6 atom stereocenters. The van der Waals surface area contributed by atoms with E-state index in [1.807, 2.05) is 13.0 Å². The van der Waals surface area contributed by atoms with Crippen LogP contribution in [0.2, 0.25) is 0 Å². The van der Waals surface area contributed by atoms with E-state index in [2.05, 4.69) is 6.92 Å². The zero-order valence-corrected chi connectivity index (χ0v) is 15.2. The molecular formula is C19H26O6. The summed E-state index contributed by atoms with van der Waals surface area (Å²) in [7, 11) is 0. The van der Waals surface area contributed by atoms with Crippen LogP contribution in [0.25, 0.3) is 0 Å². The number of hydrogen-bond acceptors (Lipinski definition) is 6. The van der Waals surface area contributed by atoms with E-state index < -0.39 is 0 Å². The molecule has 0 N–H and O–H groups in total. The van der Waals surface area contributed by atoms with E-state index >= 15 is 0 Å². The smallest absolute Gasteiger partial charge is 0.309 e. The van der Waals surface area contributed by atoms with Gasteiger partial charge in [0.25, 0.3) is 0 Å². The summed E-state index contributed by atoms with van der Waals surface area (Å²) in [6, 6.07) is 0. The maximum absolute atomic E-state index is 12.1. The van der Waals surface area contributed by atoms with Crippen molar-refractivity contribution in [2.75, 3.05) is 6.61 Å². The Morgan fingerprint density at radius 1 is 1.32 bits per heavy atom. The maximum Gasteiger partial charge on any atom is 0.309 e. The Kier molecular flexibility index (Phi) is 4.64. The summed E-state index contributed by atoms with van der Waals surface area (Å²) >= 11 is 0. The number of esters is 3. The minimum atomic E-state index is -0.339. The van der Waals surface area contributed by atoms with Crippen LogP contribution in [0.3, 0.4) is 0 Å². The summed E-state index contributed by atoms with van der Waals surface area (Å²) in [6.07, 6.45) is 3.78. The van der Waals surface area contributed by atoms with E-state index in [9.17, 15) is 14.4 Å². The highest BCUT2D eigenvalue weighted by atomic mass is 16.6. The summed E-state index contributed by atoms with van der Waals surface area (Å²) in [5.74, 6) is -0.881. The Labute approximate surface area is 147 Å². The van der Waals surface area contributed by atoms with Crippen LogP contribution in [0.4, 0.5) is 0 Å². The van der Waals surface area contributed by atoms with Gasteiger partial charge in [0.1, 0.15) is 18.8 Å². The monoisotopic (exact) mass is 350 g/mol. The molecule has 0 bridgehead atoms. The third-order valence-electron chi connectivity index (χ3n) is 6.22. The van der Waals surface area contributed by atoms with Crippen molar-refractivity contribution in [2.24, 2.45) is 23.2 Å². The summed E-state index contributed by atoms with van der Waals surface area (Å²) in [4.78, 5) is 35.0. The predicted molar refractivity (Wildman–Crippen MR) is 88.3 cm³/mol. The van der Waals surface area contributed by atoms with Crippen LogP contribution in [0.5, 0.6) is 0 Å². The molecule has 6 unspecified atom stereocenters. The minimum Gasteiger partial charge on any atom is -0.462 e. The molecule has 25 heavy (non-hydrogen) atoms. The Morgan fingerprint density at radius 2 is 2.04 bits per heavy atom. The van der Waals surface area contributed by atoms with Crippen molar-refractivity contribution in [1.82, 2.24) is 0 Å². The molecule has 2 aliphatic carbocycles. The zero-order valence-electron chi connectivity index (χ0n) is 15.2. The molecule has 1 heterocycles. The second kappa shape index (κ2) is 6.46. The highest BCUT2D eigenvalue weighted by Crippen LogP contribution is 2.57. The molecule has 6 nitrogen and oxygen atoms in total. The lowest BCUT2D eigenvalue weighted by Crippen LogP contribution is -2.54. The standard InChI is InChI=1S/C19H26O6/c1-10-14-7-8-19(4)15(24-12(3)21)6-5-13(9-23-11(2)20)16(19)17(14)25-18(10)22/h5,10,14-17H,6-9H2,1-4H3. The van der Waals surface area contributed by atoms with E-state index in [1.165, 1.54) is 13.8 Å². The first-order valence-electron chi connectivity index (χ1n) is 8.94. The molecule has 3 aliphatic rings. The van der Waals surface area contributed by atoms with Gasteiger partial charge in [-0.25, -0.2) is 0 Å². The van der Waals surface area contributed by atoms with E-state index in [-0.39, 0.29) is 59.9 Å². The van der Waals surface area contributed by atoms with E-state index in [1.54, 1.807) is 0 Å². The SMILES string of the molecule is CC(=O)OCC1=CCC(OC(C)=O)C2(C)CCC3C(C)C(=O)OC3C12. The number of fused-ring (bicyclic) bond motifs is 3. The molecule has 1 aliphatic heterocycles. The molecule has 6 heteroatoms. The molecule has 0 aromatic rings. The Morgan fingerprint density at radius 3 is 2.68 bits per heavy atom. The van der Waals surface area contributed by atoms with Gasteiger partial charge in [-0.2, -0.15) is 0 Å². The van der Waals surface area contributed by atoms with Gasteiger partial charge in [-0.15, -0.1) is 0 Å². The minimum absolute atomic E-state index is 0.0994. The lowest BCUT2D eigenvalue weighted by atomic mass is 9.54. The van der Waals surface area contributed by atoms with Crippen molar-refractivity contribution >= 4 is 17.9 Å². The van der Waals surface area contributed by atoms with Gasteiger partial charge < -0.3 is 14.2 Å². The Bertz CT molecular complexity index is 623. The van der Waals surface area contributed by atoms with E-state index in [0.29, 0.717) is 6.42 Å². The molecule has 0 amide bonds. The van der Waals surface area contributed by atoms with Crippen molar-refractivity contribution in [3.05, 3.63) is 11.6 Å². The lowest BCUT2D eigenvalue weighted by Gasteiger charge is -2.52. The van der Waals surface area contributed by atoms with Gasteiger partial charge in [-0.1, -0.05) is 19.9 Å². The first-order valence-corrected chi connectivity index (χ1v) is 8.94. The van der Waals surface area contributed by atoms with Gasteiger partial charge in [0.05, 0.1) is 5.92 Å². The van der Waals surface area contributed by atoms with Crippen LogP contribution >= 0.6 is 0 Å². The molecule has 138 valence electrons. The average molecular weight is 350 g/mol. The van der Waals surface area contributed by atoms with Crippen molar-refractivity contribution in [3.63, 3.8) is 0 Å². The number of carbonyl (C=O) groups is 3. The summed E-state index contributed by atoms with van der Waals surface area (Å²) < 4.78 is 16.6. The molecule has 0 aromatic heterocycles. The number of carbonyl (C=O) groups excluding carboxylic acids is 3. The zero-order chi connectivity index (χ0) is 18.4. The highest BCUT2D eigenvalue weighted by Gasteiger charge is 2.59. The number of hydrogen-bond donors (Lipinski definition) is 0. The van der Waals surface area contributed by atoms with E-state index in [0.717, 1.165) is 18.4 Å². The Hall–Kier alpha value is -1.85. The third kappa shape index (κ3) is 3.07. The topological polar surface area (TPSA) is 78.9 Å². The van der Waals surface area contributed by atoms with Crippen LogP contribution in [0, 0.1) is 23.2 Å². The lowest BCUT2D eigenvalue weighted by molar-refractivity contribution is -0.168. The molecule has 1 saturated heterocycles. The molecule has 2 fully saturated rings. The second-order valence-corrected chi connectivity index (χ2v) is 7.77. The van der Waals surface area contributed by atoms with Crippen LogP contribution in [-0.2, 0) is 28.6 Å². The molecule has 3 rings (SSSR count). The normalized spacial score (nSPS) is 39.6. The van der Waals surface area contributed by atoms with Crippen molar-refractivity contribution in [2.45, 2.75) is 59.2 Å². The van der Waals surface area contributed by atoms with Crippen molar-refractivity contribution in [3.8, 4) is 0 Å². The number of ether oxygens (including phenoxy) is 3. The van der Waals surface area contributed by atoms with Gasteiger partial charge >= 0.3 is 17.9 Å². The third-order valence-corrected chi connectivity index (χ3v) is 6.22. The maximum atomic E-state index is 12.1. The Balaban J connectivity index is 1.95. The molecule has 0 spiro atoms. The number of rotatable bonds is 3. The van der Waals surface area contributed by atoms with Crippen LogP contribution in [-0.4, -0.2) is 36.7 Å². The fraction of sp³-hybridized carbons (Fsp3) is 0.737. The average Bonchev–Trinajstić information content (AvgIpc) is 2.81. The molecule has 1 saturated carbocycles. The fourth-order valence-electron chi connectivity index (χ4n) is 4.89. The molecule has 0 radical (unpaired) electrons. The van der Waals surface area contributed by atoms with Gasteiger partial charge in [-0.05, 0) is 18.4 Å². The van der Waals surface area contributed by atoms with Gasteiger partial charge in [0.15, 0.2) is 0 Å². The largest absolute Gasteiger partial charge is 0.462 e. The van der Waals surface area contributed by atoms with Crippen LogP contribution < -0.4 is 0 Å². The summed E-state index contributed by atoms with van der Waals surface area (Å²) in [6.45, 7) is 7.00. The van der Waals surface area contributed by atoms with Crippen LogP contribution in [0.15, 0.2) is 11.6 Å². The van der Waals surface area contributed by atoms with Gasteiger partial charge in [-0.3, -0.25) is 14.4 Å². The first-order chi connectivity index (χ1) is 11.7. The van der Waals surface area contributed by atoms with Crippen molar-refractivity contribution < 1.29 is 28.6 Å². The fourth-order valence-corrected chi connectivity index (χ4v) is 4.89. The van der Waals surface area contributed by atoms with Gasteiger partial charge in [0, 0.05) is 37.5 Å². The summed E-state index contributed by atoms with van der Waals surface area (Å²) in [5.41, 5.74) is 0.638. The second-order valence-electron chi connectivity index (χ2n) is 7.77. The van der Waals surface area contributed by atoms with E-state index in [4.69, 9.17) is 14.2 Å². The van der Waals surface area contributed by atoms with Gasteiger partial charge in [0.2, 0.25) is 0 Å². The highest BCUT2D eigenvalue weighted by molar-refractivity contribution is 5.75. The predicted octanol–water partition coefficient (Wildman–Crippen LogP) is 2.41. The first kappa shape index (κ1) is 18.0. The summed E-state index contributed by atoms with van der Waals surface area (Å²) in [5, 5.41) is 0. The van der Waals surface area contributed by atoms with Crippen LogP contribution in [0.1, 0.15) is 47.0 Å².